The van der Waals surface area contributed by atoms with Crippen molar-refractivity contribution in [1.29, 1.82) is 0 Å². The van der Waals surface area contributed by atoms with Crippen LogP contribution in [-0.2, 0) is 4.79 Å². The second kappa shape index (κ2) is 8.87. The lowest BCUT2D eigenvalue weighted by atomic mass is 9.85. The number of carbonyl (C=O) groups is 1. The van der Waals surface area contributed by atoms with Gasteiger partial charge in [0.05, 0.1) is 42.9 Å². The molecule has 2 fully saturated rings. The van der Waals surface area contributed by atoms with Crippen LogP contribution in [0.15, 0.2) is 48.9 Å². The summed E-state index contributed by atoms with van der Waals surface area (Å²) in [5.74, 6) is -0.179. The summed E-state index contributed by atoms with van der Waals surface area (Å²) < 4.78 is 21.3. The van der Waals surface area contributed by atoms with Crippen LogP contribution in [0.5, 0.6) is 5.75 Å². The predicted molar refractivity (Wildman–Crippen MR) is 126 cm³/mol. The van der Waals surface area contributed by atoms with Gasteiger partial charge in [-0.25, -0.2) is 9.37 Å². The van der Waals surface area contributed by atoms with Gasteiger partial charge in [0.2, 0.25) is 5.91 Å². The largest absolute Gasteiger partial charge is 0.495 e. The number of carbonyl (C=O) groups excluding carboxylic acids is 1. The predicted octanol–water partition coefficient (Wildman–Crippen LogP) is 4.81. The molecule has 2 aliphatic rings. The molecule has 2 aromatic carbocycles. The maximum Gasteiger partial charge on any atom is 0.229 e. The van der Waals surface area contributed by atoms with Gasteiger partial charge in [-0.3, -0.25) is 4.79 Å². The molecule has 34 heavy (non-hydrogen) atoms. The van der Waals surface area contributed by atoms with Crippen LogP contribution in [0.2, 0.25) is 0 Å². The monoisotopic (exact) mass is 463 g/mol. The highest BCUT2D eigenvalue weighted by atomic mass is 19.1. The van der Waals surface area contributed by atoms with Crippen LogP contribution < -0.4 is 4.74 Å². The zero-order chi connectivity index (χ0) is 24.0. The first-order valence-electron chi connectivity index (χ1n) is 11.8. The smallest absolute Gasteiger partial charge is 0.229 e. The van der Waals surface area contributed by atoms with E-state index in [2.05, 4.69) is 4.98 Å². The molecule has 2 saturated heterocycles. The first-order chi connectivity index (χ1) is 16.4. The molecule has 3 heterocycles. The van der Waals surface area contributed by atoms with E-state index in [1.165, 1.54) is 6.07 Å². The molecule has 5 rings (SSSR count). The Morgan fingerprint density at radius 3 is 2.62 bits per heavy atom. The molecule has 7 heteroatoms. The van der Waals surface area contributed by atoms with Gasteiger partial charge in [0.25, 0.3) is 0 Å². The van der Waals surface area contributed by atoms with Gasteiger partial charge in [-0.05, 0) is 74.4 Å². The summed E-state index contributed by atoms with van der Waals surface area (Å²) in [6.07, 6.45) is 5.98. The van der Waals surface area contributed by atoms with E-state index >= 15 is 0 Å². The number of ether oxygens (including phenoxy) is 1. The normalized spacial score (nSPS) is 23.1. The molecular weight excluding hydrogens is 433 g/mol. The number of rotatable bonds is 5. The Hall–Kier alpha value is -3.19. The summed E-state index contributed by atoms with van der Waals surface area (Å²) in [6.45, 7) is 3.67. The van der Waals surface area contributed by atoms with E-state index in [-0.39, 0.29) is 23.8 Å². The quantitative estimate of drug-likeness (QED) is 0.590. The van der Waals surface area contributed by atoms with Crippen molar-refractivity contribution in [2.45, 2.75) is 57.7 Å². The second-order valence-electron chi connectivity index (χ2n) is 9.48. The van der Waals surface area contributed by atoms with Crippen molar-refractivity contribution in [3.63, 3.8) is 0 Å². The van der Waals surface area contributed by atoms with Gasteiger partial charge in [-0.2, -0.15) is 0 Å². The number of hydrogen-bond acceptors (Lipinski definition) is 4. The van der Waals surface area contributed by atoms with Crippen molar-refractivity contribution in [3.05, 3.63) is 77.1 Å². The number of methoxy groups -OCH3 is 1. The van der Waals surface area contributed by atoms with Crippen LogP contribution in [0.4, 0.5) is 4.39 Å². The van der Waals surface area contributed by atoms with Gasteiger partial charge in [0.1, 0.15) is 11.6 Å². The van der Waals surface area contributed by atoms with E-state index in [1.54, 1.807) is 32.5 Å². The van der Waals surface area contributed by atoms with Gasteiger partial charge in [-0.1, -0.05) is 18.2 Å². The van der Waals surface area contributed by atoms with Crippen LogP contribution in [-0.4, -0.2) is 38.6 Å². The third-order valence-electron chi connectivity index (χ3n) is 7.37. The average molecular weight is 464 g/mol. The number of benzene rings is 2. The van der Waals surface area contributed by atoms with Crippen molar-refractivity contribution in [2.75, 3.05) is 7.11 Å². The van der Waals surface area contributed by atoms with Crippen molar-refractivity contribution in [1.82, 2.24) is 14.5 Å². The van der Waals surface area contributed by atoms with E-state index in [0.29, 0.717) is 23.3 Å². The zero-order valence-corrected chi connectivity index (χ0v) is 19.7. The molecule has 6 nitrogen and oxygen atoms in total. The fraction of sp³-hybridized carbons (Fsp3) is 0.407. The Labute approximate surface area is 199 Å². The number of imidazole rings is 1. The van der Waals surface area contributed by atoms with Crippen molar-refractivity contribution in [3.8, 4) is 11.4 Å². The van der Waals surface area contributed by atoms with E-state index in [1.807, 2.05) is 40.8 Å². The van der Waals surface area contributed by atoms with Crippen molar-refractivity contribution in [2.24, 2.45) is 5.92 Å². The minimum atomic E-state index is -0.933. The molecule has 0 aliphatic carbocycles. The fourth-order valence-electron chi connectivity index (χ4n) is 5.56. The number of aromatic nitrogens is 2. The number of piperidine rings is 1. The SMILES string of the molecule is COc1cc(C(O)C2CCC3CCC(c4ccc(F)c(C)c4)N3C2=O)ccc1-n1cnc(C)c1. The molecule has 1 amide bonds. The standard InChI is InChI=1S/C27H30FN3O3/c1-16-12-18(4-9-22(16)28)23-11-7-20-6-8-21(27(33)31(20)23)26(32)19-5-10-24(25(13-19)34-3)30-14-17(2)29-15-30/h4-5,9-10,12-15,20-21,23,26,32H,6-8,11H2,1-3H3. The number of amides is 1. The highest BCUT2D eigenvalue weighted by Gasteiger charge is 2.46. The highest BCUT2D eigenvalue weighted by Crippen LogP contribution is 2.45. The summed E-state index contributed by atoms with van der Waals surface area (Å²) in [5.41, 5.74) is 3.92. The number of nitrogens with zero attached hydrogens (tertiary/aromatic N) is 3. The molecule has 4 atom stereocenters. The first-order valence-corrected chi connectivity index (χ1v) is 11.8. The summed E-state index contributed by atoms with van der Waals surface area (Å²) in [6, 6.07) is 10.7. The Morgan fingerprint density at radius 1 is 1.12 bits per heavy atom. The molecule has 178 valence electrons. The lowest BCUT2D eigenvalue weighted by Crippen LogP contribution is -2.47. The molecule has 3 aromatic rings. The van der Waals surface area contributed by atoms with Crippen LogP contribution in [0.1, 0.15) is 60.2 Å². The molecule has 0 spiro atoms. The van der Waals surface area contributed by atoms with E-state index in [9.17, 15) is 14.3 Å². The molecule has 2 aliphatic heterocycles. The Balaban J connectivity index is 1.41. The fourth-order valence-corrected chi connectivity index (χ4v) is 5.56. The van der Waals surface area contributed by atoms with Crippen molar-refractivity contribution < 1.29 is 19.0 Å². The van der Waals surface area contributed by atoms with Gasteiger partial charge in [-0.15, -0.1) is 0 Å². The topological polar surface area (TPSA) is 67.6 Å². The second-order valence-corrected chi connectivity index (χ2v) is 9.48. The molecular formula is C27H30FN3O3. The minimum absolute atomic E-state index is 0.0264. The first kappa shape index (κ1) is 22.6. The van der Waals surface area contributed by atoms with E-state index in [0.717, 1.165) is 36.2 Å². The summed E-state index contributed by atoms with van der Waals surface area (Å²) in [4.78, 5) is 19.9. The molecule has 0 saturated carbocycles. The molecule has 0 radical (unpaired) electrons. The maximum absolute atomic E-state index is 13.8. The number of aliphatic hydroxyl groups is 1. The molecule has 0 bridgehead atoms. The number of hydrogen-bond donors (Lipinski definition) is 1. The zero-order valence-electron chi connectivity index (χ0n) is 19.7. The Bertz CT molecular complexity index is 1220. The minimum Gasteiger partial charge on any atom is -0.495 e. The number of aryl methyl sites for hydroxylation is 2. The number of halogens is 1. The van der Waals surface area contributed by atoms with E-state index in [4.69, 9.17) is 4.74 Å². The van der Waals surface area contributed by atoms with Gasteiger partial charge in [0.15, 0.2) is 0 Å². The van der Waals surface area contributed by atoms with Crippen LogP contribution in [0.25, 0.3) is 5.69 Å². The summed E-state index contributed by atoms with van der Waals surface area (Å²) >= 11 is 0. The average Bonchev–Trinajstić information content (AvgIpc) is 3.47. The van der Waals surface area contributed by atoms with Gasteiger partial charge in [0, 0.05) is 12.2 Å². The van der Waals surface area contributed by atoms with Crippen LogP contribution >= 0.6 is 0 Å². The summed E-state index contributed by atoms with van der Waals surface area (Å²) in [5, 5.41) is 11.3. The van der Waals surface area contributed by atoms with Crippen LogP contribution in [0.3, 0.4) is 0 Å². The third kappa shape index (κ3) is 3.88. The summed E-state index contributed by atoms with van der Waals surface area (Å²) in [7, 11) is 1.59. The van der Waals surface area contributed by atoms with Crippen molar-refractivity contribution >= 4 is 5.91 Å². The van der Waals surface area contributed by atoms with Gasteiger partial charge < -0.3 is 19.3 Å². The number of aliphatic hydroxyl groups excluding tert-OH is 1. The lowest BCUT2D eigenvalue weighted by molar-refractivity contribution is -0.147. The molecule has 4 unspecified atom stereocenters. The number of fused-ring (bicyclic) bond motifs is 1. The third-order valence-corrected chi connectivity index (χ3v) is 7.37. The van der Waals surface area contributed by atoms with E-state index < -0.39 is 12.0 Å². The van der Waals surface area contributed by atoms with Crippen LogP contribution in [0, 0.1) is 25.6 Å². The Morgan fingerprint density at radius 2 is 1.91 bits per heavy atom. The Kier molecular flexibility index (Phi) is 5.90. The van der Waals surface area contributed by atoms with Gasteiger partial charge >= 0.3 is 0 Å². The lowest BCUT2D eigenvalue weighted by Gasteiger charge is -2.40. The maximum atomic E-state index is 13.8. The molecule has 1 aromatic heterocycles. The molecule has 1 N–H and O–H groups in total. The highest BCUT2D eigenvalue weighted by molar-refractivity contribution is 5.81.